The van der Waals surface area contributed by atoms with Crippen molar-refractivity contribution in [2.45, 2.75) is 38.3 Å². The van der Waals surface area contributed by atoms with Crippen molar-refractivity contribution in [2.75, 3.05) is 19.6 Å². The molecule has 3 fully saturated rings. The molecule has 1 aliphatic carbocycles. The summed E-state index contributed by atoms with van der Waals surface area (Å²) in [6, 6.07) is 11.0. The summed E-state index contributed by atoms with van der Waals surface area (Å²) in [5.74, 6) is 1.05. The summed E-state index contributed by atoms with van der Waals surface area (Å²) in [6.07, 6.45) is 8.05. The van der Waals surface area contributed by atoms with Gasteiger partial charge in [0.05, 0.1) is 6.04 Å². The quantitative estimate of drug-likeness (QED) is 0.787. The van der Waals surface area contributed by atoms with E-state index in [1.807, 2.05) is 18.3 Å². The first-order chi connectivity index (χ1) is 14.2. The first-order valence-electron chi connectivity index (χ1n) is 10.9. The number of likely N-dealkylation sites (tertiary alicyclic amines) is 2. The molecule has 0 unspecified atom stereocenters. The van der Waals surface area contributed by atoms with Crippen LogP contribution in [0.3, 0.4) is 0 Å². The van der Waals surface area contributed by atoms with Crippen LogP contribution in [0.1, 0.15) is 42.9 Å². The van der Waals surface area contributed by atoms with E-state index >= 15 is 0 Å². The fourth-order valence-corrected chi connectivity index (χ4v) is 5.77. The highest BCUT2D eigenvalue weighted by Crippen LogP contribution is 2.46. The summed E-state index contributed by atoms with van der Waals surface area (Å²) in [4.78, 5) is 22.1. The normalized spacial score (nSPS) is 27.5. The summed E-state index contributed by atoms with van der Waals surface area (Å²) < 4.78 is 14.0. The van der Waals surface area contributed by atoms with Crippen LogP contribution in [-0.4, -0.2) is 40.3 Å². The molecule has 2 aliphatic heterocycles. The molecule has 1 aromatic carbocycles. The highest BCUT2D eigenvalue weighted by molar-refractivity contribution is 5.80. The highest BCUT2D eigenvalue weighted by Gasteiger charge is 2.50. The van der Waals surface area contributed by atoms with Crippen LogP contribution in [0, 0.1) is 23.6 Å². The Bertz CT molecular complexity index is 867. The molecule has 0 spiro atoms. The minimum atomic E-state index is -0.218. The van der Waals surface area contributed by atoms with Crippen molar-refractivity contribution in [3.05, 3.63) is 65.7 Å². The second kappa shape index (κ2) is 7.86. The van der Waals surface area contributed by atoms with Crippen LogP contribution in [0.2, 0.25) is 0 Å². The van der Waals surface area contributed by atoms with Crippen LogP contribution >= 0.6 is 0 Å². The molecule has 5 heteroatoms. The minimum absolute atomic E-state index is 0.0114. The van der Waals surface area contributed by atoms with Crippen molar-refractivity contribution >= 4 is 5.91 Å². The number of carbonyl (C=O) groups is 1. The molecule has 1 amide bonds. The van der Waals surface area contributed by atoms with Crippen molar-refractivity contribution in [1.82, 2.24) is 14.8 Å². The zero-order chi connectivity index (χ0) is 19.8. The van der Waals surface area contributed by atoms with E-state index < -0.39 is 0 Å². The number of carbonyl (C=O) groups excluding carboxylic acids is 1. The van der Waals surface area contributed by atoms with Crippen LogP contribution in [-0.2, 0) is 11.3 Å². The molecule has 0 bridgehead atoms. The topological polar surface area (TPSA) is 36.4 Å². The van der Waals surface area contributed by atoms with Crippen molar-refractivity contribution < 1.29 is 9.18 Å². The third-order valence-electron chi connectivity index (χ3n) is 7.05. The lowest BCUT2D eigenvalue weighted by Gasteiger charge is -2.32. The number of hydrogen-bond acceptors (Lipinski definition) is 3. The fraction of sp³-hybridized carbons (Fsp3) is 0.500. The van der Waals surface area contributed by atoms with Gasteiger partial charge in [0.15, 0.2) is 0 Å². The van der Waals surface area contributed by atoms with Crippen LogP contribution in [0.5, 0.6) is 0 Å². The van der Waals surface area contributed by atoms with E-state index in [4.69, 9.17) is 0 Å². The number of nitrogens with zero attached hydrogens (tertiary/aromatic N) is 3. The molecule has 0 N–H and O–H groups in total. The Kier molecular flexibility index (Phi) is 5.08. The summed E-state index contributed by atoms with van der Waals surface area (Å²) in [6.45, 7) is 3.60. The van der Waals surface area contributed by atoms with Crippen LogP contribution < -0.4 is 0 Å². The lowest BCUT2D eigenvalue weighted by atomic mass is 9.89. The molecule has 1 saturated carbocycles. The van der Waals surface area contributed by atoms with Crippen LogP contribution in [0.15, 0.2) is 48.8 Å². The summed E-state index contributed by atoms with van der Waals surface area (Å²) in [7, 11) is 0. The number of benzene rings is 1. The number of halogens is 1. The number of pyridine rings is 1. The highest BCUT2D eigenvalue weighted by atomic mass is 19.1. The van der Waals surface area contributed by atoms with Gasteiger partial charge in [0, 0.05) is 50.4 Å². The second-order valence-electron chi connectivity index (χ2n) is 8.95. The van der Waals surface area contributed by atoms with E-state index in [0.717, 1.165) is 57.4 Å². The molecule has 2 saturated heterocycles. The molecule has 3 atom stereocenters. The van der Waals surface area contributed by atoms with E-state index in [1.54, 1.807) is 18.3 Å². The SMILES string of the molecule is O=C(C1CCCC1)N1C[C@@H]2CN(Cc3cccnc3)C[C@@H]2[C@H]1c1cccc(F)c1. The van der Waals surface area contributed by atoms with Gasteiger partial charge in [-0.2, -0.15) is 0 Å². The Balaban J connectivity index is 1.39. The van der Waals surface area contributed by atoms with E-state index in [2.05, 4.69) is 20.9 Å². The fourth-order valence-electron chi connectivity index (χ4n) is 5.77. The maximum absolute atomic E-state index is 14.0. The third-order valence-corrected chi connectivity index (χ3v) is 7.05. The molecule has 29 heavy (non-hydrogen) atoms. The minimum Gasteiger partial charge on any atom is -0.335 e. The Morgan fingerprint density at radius 2 is 1.97 bits per heavy atom. The van der Waals surface area contributed by atoms with Gasteiger partial charge >= 0.3 is 0 Å². The van der Waals surface area contributed by atoms with Crippen molar-refractivity contribution in [3.63, 3.8) is 0 Å². The van der Waals surface area contributed by atoms with Gasteiger partial charge in [-0.3, -0.25) is 14.7 Å². The predicted molar refractivity (Wildman–Crippen MR) is 109 cm³/mol. The summed E-state index contributed by atoms with van der Waals surface area (Å²) >= 11 is 0. The maximum atomic E-state index is 14.0. The lowest BCUT2D eigenvalue weighted by molar-refractivity contribution is -0.137. The Morgan fingerprint density at radius 1 is 1.10 bits per heavy atom. The standard InChI is InChI=1S/C24H28FN3O/c25-21-9-3-8-19(11-21)23-22-16-27(13-17-5-4-10-26-12-17)14-20(22)15-28(23)24(29)18-6-1-2-7-18/h3-5,8-12,18,20,22-23H,1-2,6-7,13-16H2/t20-,22-,23+/m0/s1. The third kappa shape index (κ3) is 3.68. The van der Waals surface area contributed by atoms with Gasteiger partial charge in [-0.25, -0.2) is 4.39 Å². The number of rotatable bonds is 4. The molecule has 5 rings (SSSR count). The van der Waals surface area contributed by atoms with Gasteiger partial charge in [0.1, 0.15) is 5.82 Å². The van der Waals surface area contributed by atoms with Gasteiger partial charge in [-0.1, -0.05) is 31.0 Å². The zero-order valence-corrected chi connectivity index (χ0v) is 16.7. The zero-order valence-electron chi connectivity index (χ0n) is 16.7. The average molecular weight is 394 g/mol. The molecule has 3 aliphatic rings. The monoisotopic (exact) mass is 393 g/mol. The Morgan fingerprint density at radius 3 is 2.72 bits per heavy atom. The Hall–Kier alpha value is -2.27. The summed E-state index contributed by atoms with van der Waals surface area (Å²) in [5, 5.41) is 0. The largest absolute Gasteiger partial charge is 0.335 e. The molecule has 3 heterocycles. The van der Waals surface area contributed by atoms with E-state index in [9.17, 15) is 9.18 Å². The van der Waals surface area contributed by atoms with Crippen molar-refractivity contribution in [2.24, 2.45) is 17.8 Å². The van der Waals surface area contributed by atoms with Gasteiger partial charge in [-0.15, -0.1) is 0 Å². The summed E-state index contributed by atoms with van der Waals surface area (Å²) in [5.41, 5.74) is 2.17. The molecule has 2 aromatic rings. The molecule has 0 radical (unpaired) electrons. The van der Waals surface area contributed by atoms with Crippen molar-refractivity contribution in [3.8, 4) is 0 Å². The number of amides is 1. The van der Waals surface area contributed by atoms with Gasteiger partial charge in [0.25, 0.3) is 0 Å². The Labute approximate surface area is 171 Å². The number of fused-ring (bicyclic) bond motifs is 1. The molecular formula is C24H28FN3O. The molecular weight excluding hydrogens is 365 g/mol. The first-order valence-corrected chi connectivity index (χ1v) is 10.9. The molecule has 152 valence electrons. The van der Waals surface area contributed by atoms with E-state index in [-0.39, 0.29) is 17.8 Å². The van der Waals surface area contributed by atoms with Gasteiger partial charge in [0.2, 0.25) is 5.91 Å². The van der Waals surface area contributed by atoms with Gasteiger partial charge in [-0.05, 0) is 48.1 Å². The molecule has 4 nitrogen and oxygen atoms in total. The first kappa shape index (κ1) is 18.7. The average Bonchev–Trinajstić information content (AvgIpc) is 3.44. The van der Waals surface area contributed by atoms with E-state index in [0.29, 0.717) is 17.7 Å². The maximum Gasteiger partial charge on any atom is 0.226 e. The van der Waals surface area contributed by atoms with Crippen molar-refractivity contribution in [1.29, 1.82) is 0 Å². The molecule has 1 aromatic heterocycles. The lowest BCUT2D eigenvalue weighted by Crippen LogP contribution is -2.38. The van der Waals surface area contributed by atoms with E-state index in [1.165, 1.54) is 11.6 Å². The smallest absolute Gasteiger partial charge is 0.226 e. The second-order valence-corrected chi connectivity index (χ2v) is 8.95. The van der Waals surface area contributed by atoms with Crippen LogP contribution in [0.25, 0.3) is 0 Å². The van der Waals surface area contributed by atoms with Crippen LogP contribution in [0.4, 0.5) is 4.39 Å². The number of hydrogen-bond donors (Lipinski definition) is 0. The van der Waals surface area contributed by atoms with Gasteiger partial charge < -0.3 is 4.90 Å². The predicted octanol–water partition coefficient (Wildman–Crippen LogP) is 4.04. The number of aromatic nitrogens is 1.